The molecule has 2 aromatic carbocycles. The van der Waals surface area contributed by atoms with Gasteiger partial charge in [-0.25, -0.2) is 4.39 Å². The molecule has 0 spiro atoms. The van der Waals surface area contributed by atoms with Crippen molar-refractivity contribution >= 4 is 11.8 Å². The van der Waals surface area contributed by atoms with Crippen LogP contribution in [0.25, 0.3) is 0 Å². The van der Waals surface area contributed by atoms with E-state index in [1.165, 1.54) is 12.1 Å². The molecule has 1 fully saturated rings. The van der Waals surface area contributed by atoms with Crippen LogP contribution in [0, 0.1) is 24.6 Å². The summed E-state index contributed by atoms with van der Waals surface area (Å²) in [7, 11) is 0. The molecule has 0 saturated carbocycles. The summed E-state index contributed by atoms with van der Waals surface area (Å²) in [5.41, 5.74) is 2.22. The third kappa shape index (κ3) is 4.84. The molecule has 1 saturated heterocycles. The summed E-state index contributed by atoms with van der Waals surface area (Å²) >= 11 is 0. The first kappa shape index (κ1) is 21.0. The Morgan fingerprint density at radius 1 is 1.10 bits per heavy atom. The van der Waals surface area contributed by atoms with Gasteiger partial charge in [0.2, 0.25) is 5.91 Å². The highest BCUT2D eigenvalue weighted by atomic mass is 19.1. The average Bonchev–Trinajstić information content (AvgIpc) is 3.13. The molecule has 0 radical (unpaired) electrons. The monoisotopic (exact) mass is 396 g/mol. The molecule has 4 nitrogen and oxygen atoms in total. The van der Waals surface area contributed by atoms with Gasteiger partial charge in [-0.3, -0.25) is 9.59 Å². The lowest BCUT2D eigenvalue weighted by Crippen LogP contribution is -2.36. The second-order valence-corrected chi connectivity index (χ2v) is 8.23. The SMILES string of the molecule is Cc1ccccc1C1CN(C(=O)c2ccccc2F)CC1C(=O)NCCC(C)C. The zero-order valence-corrected chi connectivity index (χ0v) is 17.3. The van der Waals surface area contributed by atoms with Crippen LogP contribution in [-0.2, 0) is 4.79 Å². The van der Waals surface area contributed by atoms with E-state index in [9.17, 15) is 14.0 Å². The molecular weight excluding hydrogens is 367 g/mol. The predicted octanol–water partition coefficient (Wildman–Crippen LogP) is 4.15. The van der Waals surface area contributed by atoms with Crippen LogP contribution in [0.3, 0.4) is 0 Å². The zero-order valence-electron chi connectivity index (χ0n) is 17.3. The van der Waals surface area contributed by atoms with Crippen molar-refractivity contribution in [3.8, 4) is 0 Å². The molecule has 5 heteroatoms. The number of hydrogen-bond donors (Lipinski definition) is 1. The average molecular weight is 397 g/mol. The Labute approximate surface area is 172 Å². The Morgan fingerprint density at radius 2 is 1.79 bits per heavy atom. The second-order valence-electron chi connectivity index (χ2n) is 8.23. The predicted molar refractivity (Wildman–Crippen MR) is 112 cm³/mol. The number of halogens is 1. The Morgan fingerprint density at radius 3 is 2.48 bits per heavy atom. The fourth-order valence-corrected chi connectivity index (χ4v) is 3.97. The van der Waals surface area contributed by atoms with Crippen LogP contribution in [-0.4, -0.2) is 36.3 Å². The molecule has 0 aromatic heterocycles. The van der Waals surface area contributed by atoms with Crippen LogP contribution in [0.4, 0.5) is 4.39 Å². The maximum Gasteiger partial charge on any atom is 0.256 e. The number of likely N-dealkylation sites (tertiary alicyclic amines) is 1. The molecule has 1 aliphatic rings. The fraction of sp³-hybridized carbons (Fsp3) is 0.417. The molecule has 154 valence electrons. The van der Waals surface area contributed by atoms with E-state index in [-0.39, 0.29) is 29.2 Å². The van der Waals surface area contributed by atoms with Gasteiger partial charge in [0.05, 0.1) is 11.5 Å². The number of rotatable bonds is 6. The van der Waals surface area contributed by atoms with Gasteiger partial charge in [0, 0.05) is 25.6 Å². The number of carbonyl (C=O) groups is 2. The summed E-state index contributed by atoms with van der Waals surface area (Å²) in [6.45, 7) is 7.57. The maximum atomic E-state index is 14.1. The molecule has 1 heterocycles. The van der Waals surface area contributed by atoms with Gasteiger partial charge in [-0.05, 0) is 42.5 Å². The minimum absolute atomic E-state index is 0.0391. The molecule has 0 aliphatic carbocycles. The number of carbonyl (C=O) groups excluding carboxylic acids is 2. The topological polar surface area (TPSA) is 49.4 Å². The van der Waals surface area contributed by atoms with Crippen LogP contribution in [0.15, 0.2) is 48.5 Å². The van der Waals surface area contributed by atoms with Crippen LogP contribution in [0.1, 0.15) is 47.7 Å². The maximum absolute atomic E-state index is 14.1. The van der Waals surface area contributed by atoms with E-state index >= 15 is 0 Å². The van der Waals surface area contributed by atoms with E-state index in [2.05, 4.69) is 19.2 Å². The molecule has 29 heavy (non-hydrogen) atoms. The number of nitrogens with one attached hydrogen (secondary N) is 1. The second kappa shape index (κ2) is 9.21. The Kier molecular flexibility index (Phi) is 6.68. The van der Waals surface area contributed by atoms with Crippen molar-refractivity contribution < 1.29 is 14.0 Å². The first-order chi connectivity index (χ1) is 13.9. The van der Waals surface area contributed by atoms with Crippen molar-refractivity contribution in [2.24, 2.45) is 11.8 Å². The number of benzene rings is 2. The minimum Gasteiger partial charge on any atom is -0.356 e. The van der Waals surface area contributed by atoms with Gasteiger partial charge in [-0.2, -0.15) is 0 Å². The lowest BCUT2D eigenvalue weighted by Gasteiger charge is -2.20. The van der Waals surface area contributed by atoms with E-state index in [1.54, 1.807) is 17.0 Å². The summed E-state index contributed by atoms with van der Waals surface area (Å²) < 4.78 is 14.1. The molecule has 2 amide bonds. The Bertz CT molecular complexity index is 881. The van der Waals surface area contributed by atoms with E-state index < -0.39 is 5.82 Å². The highest BCUT2D eigenvalue weighted by Gasteiger charge is 2.41. The quantitative estimate of drug-likeness (QED) is 0.797. The van der Waals surface area contributed by atoms with Crippen LogP contribution < -0.4 is 5.32 Å². The molecule has 0 bridgehead atoms. The summed E-state index contributed by atoms with van der Waals surface area (Å²) in [6.07, 6.45) is 0.908. The van der Waals surface area contributed by atoms with Crippen LogP contribution in [0.2, 0.25) is 0 Å². The van der Waals surface area contributed by atoms with E-state index in [1.807, 2.05) is 31.2 Å². The minimum atomic E-state index is -0.533. The highest BCUT2D eigenvalue weighted by Crippen LogP contribution is 2.35. The molecule has 2 atom stereocenters. The summed E-state index contributed by atoms with van der Waals surface area (Å²) in [4.78, 5) is 27.5. The van der Waals surface area contributed by atoms with Gasteiger partial charge in [0.1, 0.15) is 5.82 Å². The van der Waals surface area contributed by atoms with E-state index in [0.717, 1.165) is 17.5 Å². The van der Waals surface area contributed by atoms with Gasteiger partial charge < -0.3 is 10.2 Å². The lowest BCUT2D eigenvalue weighted by molar-refractivity contribution is -0.124. The number of amides is 2. The third-order valence-electron chi connectivity index (χ3n) is 5.66. The number of aryl methyl sites for hydroxylation is 1. The van der Waals surface area contributed by atoms with Crippen molar-refractivity contribution in [3.05, 3.63) is 71.0 Å². The third-order valence-corrected chi connectivity index (χ3v) is 5.66. The van der Waals surface area contributed by atoms with Crippen molar-refractivity contribution in [1.82, 2.24) is 10.2 Å². The molecular formula is C24H29FN2O2. The van der Waals surface area contributed by atoms with Crippen molar-refractivity contribution in [3.63, 3.8) is 0 Å². The summed E-state index contributed by atoms with van der Waals surface area (Å²) in [5, 5.41) is 3.03. The standard InChI is InChI=1S/C24H29FN2O2/c1-16(2)12-13-26-23(28)21-15-27(24(29)19-10-6-7-11-22(19)25)14-20(21)18-9-5-4-8-17(18)3/h4-11,16,20-21H,12-15H2,1-3H3,(H,26,28). The lowest BCUT2D eigenvalue weighted by atomic mass is 9.86. The first-order valence-corrected chi connectivity index (χ1v) is 10.3. The van der Waals surface area contributed by atoms with Crippen LogP contribution in [0.5, 0.6) is 0 Å². The van der Waals surface area contributed by atoms with Gasteiger partial charge in [0.25, 0.3) is 5.91 Å². The van der Waals surface area contributed by atoms with Crippen molar-refractivity contribution in [1.29, 1.82) is 0 Å². The Hall–Kier alpha value is -2.69. The van der Waals surface area contributed by atoms with Gasteiger partial charge in [-0.1, -0.05) is 50.2 Å². The highest BCUT2D eigenvalue weighted by molar-refractivity contribution is 5.95. The number of nitrogens with zero attached hydrogens (tertiary/aromatic N) is 1. The largest absolute Gasteiger partial charge is 0.356 e. The first-order valence-electron chi connectivity index (χ1n) is 10.3. The Balaban J connectivity index is 1.84. The van der Waals surface area contributed by atoms with Crippen LogP contribution >= 0.6 is 0 Å². The molecule has 2 aromatic rings. The van der Waals surface area contributed by atoms with Gasteiger partial charge in [0.15, 0.2) is 0 Å². The molecule has 1 aliphatic heterocycles. The van der Waals surface area contributed by atoms with Crippen molar-refractivity contribution in [2.75, 3.05) is 19.6 Å². The molecule has 1 N–H and O–H groups in total. The smallest absolute Gasteiger partial charge is 0.256 e. The molecule has 2 unspecified atom stereocenters. The van der Waals surface area contributed by atoms with Gasteiger partial charge in [-0.15, -0.1) is 0 Å². The van der Waals surface area contributed by atoms with E-state index in [4.69, 9.17) is 0 Å². The molecule has 3 rings (SSSR count). The van der Waals surface area contributed by atoms with E-state index in [0.29, 0.717) is 25.6 Å². The summed E-state index contributed by atoms with van der Waals surface area (Å²) in [5.74, 6) is -0.883. The zero-order chi connectivity index (χ0) is 21.0. The summed E-state index contributed by atoms with van der Waals surface area (Å²) in [6, 6.07) is 14.0. The van der Waals surface area contributed by atoms with Gasteiger partial charge >= 0.3 is 0 Å². The number of hydrogen-bond acceptors (Lipinski definition) is 2. The normalized spacial score (nSPS) is 18.9. The van der Waals surface area contributed by atoms with Crippen molar-refractivity contribution in [2.45, 2.75) is 33.1 Å². The fourth-order valence-electron chi connectivity index (χ4n) is 3.97.